The van der Waals surface area contributed by atoms with Gasteiger partial charge >= 0.3 is 8.60 Å². The van der Waals surface area contributed by atoms with E-state index in [4.69, 9.17) is 9.79 Å². The van der Waals surface area contributed by atoms with Crippen LogP contribution in [0.4, 0.5) is 23.2 Å². The SMILES string of the molecule is CNc1cc(C(=O)NCc2c(F)cc(F)cc2F)ccc1C(C)NCc1ccc(OP(O)O)cc1F. The Morgan fingerprint density at radius 1 is 0.972 bits per heavy atom. The van der Waals surface area contributed by atoms with E-state index in [1.165, 1.54) is 18.2 Å². The van der Waals surface area contributed by atoms with Crippen molar-refractivity contribution in [3.8, 4) is 5.75 Å². The molecule has 0 aliphatic heterocycles. The van der Waals surface area contributed by atoms with Crippen LogP contribution in [0.2, 0.25) is 0 Å². The first-order valence-corrected chi connectivity index (χ1v) is 11.9. The van der Waals surface area contributed by atoms with Crippen LogP contribution in [-0.2, 0) is 13.1 Å². The minimum atomic E-state index is -2.64. The molecule has 0 aromatic heterocycles. The molecule has 36 heavy (non-hydrogen) atoms. The number of carbonyl (C=O) groups excluding carboxylic acids is 1. The second-order valence-corrected chi connectivity index (χ2v) is 8.47. The highest BCUT2D eigenvalue weighted by atomic mass is 31.2. The molecule has 5 N–H and O–H groups in total. The monoisotopic (exact) mass is 525 g/mol. The smallest absolute Gasteiger partial charge is 0.391 e. The maximum atomic E-state index is 14.3. The lowest BCUT2D eigenvalue weighted by Gasteiger charge is -2.19. The van der Waals surface area contributed by atoms with E-state index >= 15 is 0 Å². The van der Waals surface area contributed by atoms with Crippen LogP contribution in [0.1, 0.15) is 40.0 Å². The van der Waals surface area contributed by atoms with Gasteiger partial charge in [-0.05, 0) is 30.7 Å². The molecule has 0 spiro atoms. The summed E-state index contributed by atoms with van der Waals surface area (Å²) in [7, 11) is -0.985. The fourth-order valence-electron chi connectivity index (χ4n) is 3.50. The number of amides is 1. The quantitative estimate of drug-likeness (QED) is 0.195. The van der Waals surface area contributed by atoms with Crippen LogP contribution < -0.4 is 20.5 Å². The number of halogens is 4. The number of rotatable bonds is 10. The first-order chi connectivity index (χ1) is 17.1. The van der Waals surface area contributed by atoms with Gasteiger partial charge in [0.15, 0.2) is 0 Å². The highest BCUT2D eigenvalue weighted by Crippen LogP contribution is 2.30. The van der Waals surface area contributed by atoms with Gasteiger partial charge in [-0.15, -0.1) is 0 Å². The van der Waals surface area contributed by atoms with Gasteiger partial charge in [-0.1, -0.05) is 12.1 Å². The number of anilines is 1. The highest BCUT2D eigenvalue weighted by molar-refractivity contribution is 7.39. The lowest BCUT2D eigenvalue weighted by Crippen LogP contribution is -2.25. The Balaban J connectivity index is 1.66. The zero-order valence-electron chi connectivity index (χ0n) is 19.3. The fourth-order valence-corrected chi connectivity index (χ4v) is 3.80. The summed E-state index contributed by atoms with van der Waals surface area (Å²) >= 11 is 0. The van der Waals surface area contributed by atoms with Crippen LogP contribution in [0.3, 0.4) is 0 Å². The maximum Gasteiger partial charge on any atom is 0.391 e. The average Bonchev–Trinajstić information content (AvgIpc) is 2.81. The van der Waals surface area contributed by atoms with Gasteiger partial charge in [-0.3, -0.25) is 4.79 Å². The molecule has 1 atom stereocenters. The molecule has 0 aliphatic carbocycles. The summed E-state index contributed by atoms with van der Waals surface area (Å²) in [6.45, 7) is 1.54. The Morgan fingerprint density at radius 2 is 1.67 bits per heavy atom. The third-order valence-corrected chi connectivity index (χ3v) is 5.77. The zero-order chi connectivity index (χ0) is 26.4. The topological polar surface area (TPSA) is 103 Å². The van der Waals surface area contributed by atoms with E-state index in [-0.39, 0.29) is 23.9 Å². The molecule has 1 amide bonds. The lowest BCUT2D eigenvalue weighted by molar-refractivity contribution is 0.0950. The molecule has 0 saturated heterocycles. The third-order valence-electron chi connectivity index (χ3n) is 5.39. The molecular weight excluding hydrogens is 501 g/mol. The van der Waals surface area contributed by atoms with Gasteiger partial charge in [0.05, 0.1) is 0 Å². The lowest BCUT2D eigenvalue weighted by atomic mass is 10.0. The molecule has 3 rings (SSSR count). The second-order valence-electron chi connectivity index (χ2n) is 7.78. The first kappa shape index (κ1) is 27.3. The number of nitrogens with one attached hydrogen (secondary N) is 3. The molecular formula is C24H24F4N3O4P. The molecule has 1 unspecified atom stereocenters. The predicted molar refractivity (Wildman–Crippen MR) is 127 cm³/mol. The Hall–Kier alpha value is -3.24. The van der Waals surface area contributed by atoms with Crippen LogP contribution in [0, 0.1) is 23.3 Å². The van der Waals surface area contributed by atoms with Gasteiger partial charge < -0.3 is 30.3 Å². The number of hydrogen-bond acceptors (Lipinski definition) is 6. The van der Waals surface area contributed by atoms with Gasteiger partial charge in [0.1, 0.15) is 29.0 Å². The number of carbonyl (C=O) groups is 1. The van der Waals surface area contributed by atoms with Crippen LogP contribution >= 0.6 is 8.60 Å². The van der Waals surface area contributed by atoms with Crippen LogP contribution in [0.25, 0.3) is 0 Å². The summed E-state index contributed by atoms with van der Waals surface area (Å²) in [6.07, 6.45) is 0. The largest absolute Gasteiger partial charge is 0.427 e. The summed E-state index contributed by atoms with van der Waals surface area (Å²) in [5.74, 6) is -4.40. The Morgan fingerprint density at radius 3 is 2.28 bits per heavy atom. The normalized spacial score (nSPS) is 11.9. The molecule has 3 aromatic carbocycles. The average molecular weight is 525 g/mol. The van der Waals surface area contributed by atoms with Crippen molar-refractivity contribution in [1.82, 2.24) is 10.6 Å². The number of hydrogen-bond donors (Lipinski definition) is 5. The molecule has 0 heterocycles. The van der Waals surface area contributed by atoms with Crippen LogP contribution in [0.15, 0.2) is 48.5 Å². The first-order valence-electron chi connectivity index (χ1n) is 10.7. The standard InChI is InChI=1S/C24H24F4N3O4P/c1-13(30-11-15-3-5-17(10-20(15)26)35-36(33)34)18-6-4-14(7-23(18)29-2)24(32)31-12-19-21(27)8-16(25)9-22(19)28/h3-10,13,29-30,33-34H,11-12H2,1-2H3,(H,31,32). The van der Waals surface area contributed by atoms with E-state index in [1.54, 1.807) is 19.2 Å². The Bertz CT molecular complexity index is 1220. The molecule has 0 fully saturated rings. The molecule has 12 heteroatoms. The van der Waals surface area contributed by atoms with E-state index in [0.717, 1.165) is 11.6 Å². The third kappa shape index (κ3) is 6.92. The summed E-state index contributed by atoms with van der Waals surface area (Å²) in [6, 6.07) is 9.54. The molecule has 3 aromatic rings. The minimum absolute atomic E-state index is 0.00310. The Kier molecular flexibility index (Phi) is 9.22. The van der Waals surface area contributed by atoms with Gasteiger partial charge in [0.2, 0.25) is 0 Å². The second kappa shape index (κ2) is 12.1. The van der Waals surface area contributed by atoms with Crippen LogP contribution in [0.5, 0.6) is 5.75 Å². The van der Waals surface area contributed by atoms with Crippen LogP contribution in [-0.4, -0.2) is 22.7 Å². The van der Waals surface area contributed by atoms with E-state index in [1.807, 2.05) is 6.92 Å². The van der Waals surface area contributed by atoms with Crippen molar-refractivity contribution in [3.05, 3.63) is 94.1 Å². The highest BCUT2D eigenvalue weighted by Gasteiger charge is 2.17. The van der Waals surface area contributed by atoms with E-state index in [2.05, 4.69) is 20.5 Å². The molecule has 7 nitrogen and oxygen atoms in total. The predicted octanol–water partition coefficient (Wildman–Crippen LogP) is 4.66. The fraction of sp³-hybridized carbons (Fsp3) is 0.208. The minimum Gasteiger partial charge on any atom is -0.427 e. The summed E-state index contributed by atoms with van der Waals surface area (Å²) < 4.78 is 59.7. The summed E-state index contributed by atoms with van der Waals surface area (Å²) in [4.78, 5) is 30.3. The molecule has 0 radical (unpaired) electrons. The van der Waals surface area contributed by atoms with Gasteiger partial charge in [0, 0.05) is 66.8 Å². The van der Waals surface area contributed by atoms with Gasteiger partial charge in [0.25, 0.3) is 5.91 Å². The molecule has 0 aliphatic rings. The maximum absolute atomic E-state index is 14.3. The molecule has 0 bridgehead atoms. The zero-order valence-corrected chi connectivity index (χ0v) is 20.2. The van der Waals surface area contributed by atoms with Gasteiger partial charge in [-0.2, -0.15) is 0 Å². The number of benzene rings is 3. The summed E-state index contributed by atoms with van der Waals surface area (Å²) in [5, 5.41) is 8.58. The van der Waals surface area contributed by atoms with Crippen molar-refractivity contribution in [1.29, 1.82) is 0 Å². The summed E-state index contributed by atoms with van der Waals surface area (Å²) in [5.41, 5.74) is 1.49. The van der Waals surface area contributed by atoms with Gasteiger partial charge in [-0.25, -0.2) is 17.6 Å². The van der Waals surface area contributed by atoms with Crippen molar-refractivity contribution in [2.24, 2.45) is 0 Å². The van der Waals surface area contributed by atoms with Crippen molar-refractivity contribution in [2.75, 3.05) is 12.4 Å². The van der Waals surface area contributed by atoms with E-state index in [9.17, 15) is 22.4 Å². The van der Waals surface area contributed by atoms with Crippen molar-refractivity contribution < 1.29 is 36.7 Å². The van der Waals surface area contributed by atoms with E-state index in [0.29, 0.717) is 23.4 Å². The van der Waals surface area contributed by atoms with Crippen molar-refractivity contribution >= 4 is 20.2 Å². The van der Waals surface area contributed by atoms with E-state index < -0.39 is 49.9 Å². The van der Waals surface area contributed by atoms with Crippen molar-refractivity contribution in [3.63, 3.8) is 0 Å². The van der Waals surface area contributed by atoms with Crippen molar-refractivity contribution in [2.45, 2.75) is 26.1 Å². The molecule has 0 saturated carbocycles. The molecule has 192 valence electrons. The Labute approximate surface area is 206 Å².